The van der Waals surface area contributed by atoms with Gasteiger partial charge in [0.1, 0.15) is 5.82 Å². The topological polar surface area (TPSA) is 80.9 Å². The van der Waals surface area contributed by atoms with Gasteiger partial charge in [-0.3, -0.25) is 4.79 Å². The average Bonchev–Trinajstić information content (AvgIpc) is 2.57. The molecule has 0 fully saturated rings. The summed E-state index contributed by atoms with van der Waals surface area (Å²) in [5.74, 6) is 0.227. The second-order valence-corrected chi connectivity index (χ2v) is 6.85. The van der Waals surface area contributed by atoms with Gasteiger partial charge in [0.05, 0.1) is 21.5 Å². The molecule has 0 radical (unpaired) electrons. The van der Waals surface area contributed by atoms with Gasteiger partial charge in [-0.2, -0.15) is 0 Å². The summed E-state index contributed by atoms with van der Waals surface area (Å²) in [5, 5.41) is 4.78. The van der Waals surface area contributed by atoms with Gasteiger partial charge in [-0.15, -0.1) is 0 Å². The molecule has 0 bridgehead atoms. The fraction of sp³-hybridized carbons (Fsp3) is 0.118. The molecule has 3 aromatic rings. The number of anilines is 2. The molecule has 1 unspecified atom stereocenters. The number of hydrogen-bond acceptors (Lipinski definition) is 5. The molecule has 1 atom stereocenters. The van der Waals surface area contributed by atoms with Gasteiger partial charge in [0.25, 0.3) is 0 Å². The number of para-hydroxylation sites is 2. The summed E-state index contributed by atoms with van der Waals surface area (Å²) in [4.78, 5) is 20.3. The van der Waals surface area contributed by atoms with Gasteiger partial charge in [0.2, 0.25) is 5.91 Å². The number of primary amides is 1. The molecule has 0 saturated carbocycles. The van der Waals surface area contributed by atoms with Crippen LogP contribution in [0, 0.1) is 0 Å². The number of hydrogen-bond donors (Lipinski definition) is 2. The number of nitrogens with two attached hydrogens (primary N) is 1. The van der Waals surface area contributed by atoms with E-state index < -0.39 is 11.2 Å². The molecule has 1 heterocycles. The largest absolute Gasteiger partial charge is 0.369 e. The Hall–Kier alpha value is -2.31. The lowest BCUT2D eigenvalue weighted by Gasteiger charge is -2.12. The Bertz CT molecular complexity index is 903. The van der Waals surface area contributed by atoms with Gasteiger partial charge in [-0.25, -0.2) is 9.97 Å². The van der Waals surface area contributed by atoms with Crippen molar-refractivity contribution < 1.29 is 4.79 Å². The predicted octanol–water partition coefficient (Wildman–Crippen LogP) is 3.99. The smallest absolute Gasteiger partial charge is 0.230 e. The molecule has 3 N–H and O–H groups in total. The van der Waals surface area contributed by atoms with Crippen molar-refractivity contribution in [2.24, 2.45) is 5.73 Å². The maximum absolute atomic E-state index is 11.3. The van der Waals surface area contributed by atoms with Crippen LogP contribution in [0.1, 0.15) is 6.92 Å². The van der Waals surface area contributed by atoms with Crippen molar-refractivity contribution in [2.45, 2.75) is 17.3 Å². The molecule has 122 valence electrons. The first kappa shape index (κ1) is 16.5. The number of rotatable bonds is 5. The van der Waals surface area contributed by atoms with E-state index in [9.17, 15) is 4.79 Å². The Morgan fingerprint density at radius 2 is 1.88 bits per heavy atom. The molecule has 24 heavy (non-hydrogen) atoms. The van der Waals surface area contributed by atoms with Crippen molar-refractivity contribution in [2.75, 3.05) is 5.32 Å². The molecule has 3 rings (SSSR count). The second kappa shape index (κ2) is 7.07. The molecular formula is C17H15ClN4OS. The number of fused-ring (bicyclic) bond motifs is 1. The van der Waals surface area contributed by atoms with Crippen LogP contribution in [-0.2, 0) is 4.79 Å². The summed E-state index contributed by atoms with van der Waals surface area (Å²) >= 11 is 7.44. The number of nitrogens with one attached hydrogen (secondary N) is 1. The molecule has 1 aromatic heterocycles. The van der Waals surface area contributed by atoms with Crippen LogP contribution in [0.3, 0.4) is 0 Å². The molecule has 1 amide bonds. The van der Waals surface area contributed by atoms with Crippen LogP contribution in [-0.4, -0.2) is 21.1 Å². The number of benzene rings is 2. The van der Waals surface area contributed by atoms with Crippen LogP contribution < -0.4 is 11.1 Å². The Labute approximate surface area is 148 Å². The van der Waals surface area contributed by atoms with Crippen molar-refractivity contribution in [1.29, 1.82) is 0 Å². The Morgan fingerprint density at radius 1 is 1.17 bits per heavy atom. The maximum Gasteiger partial charge on any atom is 0.230 e. The zero-order valence-corrected chi connectivity index (χ0v) is 14.4. The summed E-state index contributed by atoms with van der Waals surface area (Å²) in [5.41, 5.74) is 6.86. The second-order valence-electron chi connectivity index (χ2n) is 5.14. The Balaban J connectivity index is 2.04. The average molecular weight is 359 g/mol. The highest BCUT2D eigenvalue weighted by atomic mass is 35.5. The lowest BCUT2D eigenvalue weighted by molar-refractivity contribution is -0.117. The van der Waals surface area contributed by atoms with Gasteiger partial charge in [0, 0.05) is 5.39 Å². The summed E-state index contributed by atoms with van der Waals surface area (Å²) in [6.07, 6.45) is 0. The highest BCUT2D eigenvalue weighted by Crippen LogP contribution is 2.30. The minimum Gasteiger partial charge on any atom is -0.369 e. The quantitative estimate of drug-likeness (QED) is 0.532. The van der Waals surface area contributed by atoms with Crippen molar-refractivity contribution in [3.8, 4) is 0 Å². The molecule has 0 spiro atoms. The third-order valence-corrected chi connectivity index (χ3v) is 4.70. The lowest BCUT2D eigenvalue weighted by Crippen LogP contribution is -2.22. The first-order valence-corrected chi connectivity index (χ1v) is 8.54. The van der Waals surface area contributed by atoms with Crippen LogP contribution in [0.2, 0.25) is 5.02 Å². The van der Waals surface area contributed by atoms with E-state index in [2.05, 4.69) is 15.3 Å². The maximum atomic E-state index is 11.3. The molecule has 0 aliphatic rings. The fourth-order valence-corrected chi connectivity index (χ4v) is 3.02. The highest BCUT2D eigenvalue weighted by molar-refractivity contribution is 8.00. The summed E-state index contributed by atoms with van der Waals surface area (Å²) < 4.78 is 0. The summed E-state index contributed by atoms with van der Waals surface area (Å²) in [6, 6.07) is 15.1. The summed E-state index contributed by atoms with van der Waals surface area (Å²) in [6.45, 7) is 1.73. The highest BCUT2D eigenvalue weighted by Gasteiger charge is 2.15. The van der Waals surface area contributed by atoms with Crippen molar-refractivity contribution in [3.05, 3.63) is 53.6 Å². The first-order chi connectivity index (χ1) is 11.5. The first-order valence-electron chi connectivity index (χ1n) is 7.29. The van der Waals surface area contributed by atoms with Crippen LogP contribution in [0.5, 0.6) is 0 Å². The van der Waals surface area contributed by atoms with Crippen molar-refractivity contribution >= 4 is 51.7 Å². The van der Waals surface area contributed by atoms with Crippen molar-refractivity contribution in [1.82, 2.24) is 9.97 Å². The number of nitrogens with zero attached hydrogens (tertiary/aromatic N) is 2. The van der Waals surface area contributed by atoms with Crippen molar-refractivity contribution in [3.63, 3.8) is 0 Å². The number of amides is 1. The van der Waals surface area contributed by atoms with E-state index in [-0.39, 0.29) is 0 Å². The molecular weight excluding hydrogens is 344 g/mol. The van der Waals surface area contributed by atoms with E-state index in [1.165, 1.54) is 11.8 Å². The van der Waals surface area contributed by atoms with Crippen LogP contribution >= 0.6 is 23.4 Å². The van der Waals surface area contributed by atoms with Gasteiger partial charge in [-0.1, -0.05) is 47.6 Å². The number of carbonyl (C=O) groups is 1. The third kappa shape index (κ3) is 3.60. The minimum atomic E-state index is -0.417. The Morgan fingerprint density at radius 3 is 2.62 bits per heavy atom. The molecule has 0 aliphatic heterocycles. The Kier molecular flexibility index (Phi) is 4.87. The SMILES string of the molecule is CC(Sc1nc(Nc2ccccc2Cl)c2ccccc2n1)C(N)=O. The van der Waals surface area contributed by atoms with Gasteiger partial charge in [0.15, 0.2) is 5.16 Å². The van der Waals surface area contributed by atoms with E-state index in [1.807, 2.05) is 42.5 Å². The van der Waals surface area contributed by atoms with E-state index in [0.29, 0.717) is 16.0 Å². The predicted molar refractivity (Wildman–Crippen MR) is 98.8 cm³/mol. The lowest BCUT2D eigenvalue weighted by atomic mass is 10.2. The monoisotopic (exact) mass is 358 g/mol. The number of aromatic nitrogens is 2. The zero-order valence-electron chi connectivity index (χ0n) is 12.9. The minimum absolute atomic E-state index is 0.405. The van der Waals surface area contributed by atoms with Gasteiger partial charge in [-0.05, 0) is 31.2 Å². The van der Waals surface area contributed by atoms with E-state index >= 15 is 0 Å². The van der Waals surface area contributed by atoms with E-state index in [1.54, 1.807) is 13.0 Å². The molecule has 2 aromatic carbocycles. The van der Waals surface area contributed by atoms with Crippen LogP contribution in [0.15, 0.2) is 53.7 Å². The van der Waals surface area contributed by atoms with Gasteiger partial charge >= 0.3 is 0 Å². The normalized spacial score (nSPS) is 12.1. The van der Waals surface area contributed by atoms with E-state index in [4.69, 9.17) is 17.3 Å². The molecule has 7 heteroatoms. The number of halogens is 1. The zero-order chi connectivity index (χ0) is 17.1. The third-order valence-electron chi connectivity index (χ3n) is 3.39. The fourth-order valence-electron chi connectivity index (χ4n) is 2.11. The molecule has 5 nitrogen and oxygen atoms in total. The molecule has 0 saturated heterocycles. The number of carbonyl (C=O) groups excluding carboxylic acids is 1. The van der Waals surface area contributed by atoms with Crippen LogP contribution in [0.25, 0.3) is 10.9 Å². The number of thioether (sulfide) groups is 1. The van der Waals surface area contributed by atoms with E-state index in [0.717, 1.165) is 16.6 Å². The van der Waals surface area contributed by atoms with Gasteiger partial charge < -0.3 is 11.1 Å². The summed E-state index contributed by atoms with van der Waals surface area (Å²) in [7, 11) is 0. The molecule has 0 aliphatic carbocycles. The standard InChI is InChI=1S/C17H15ClN4OS/c1-10(15(19)23)24-17-21-13-8-4-2-6-11(13)16(22-17)20-14-9-5-3-7-12(14)18/h2-10H,1H3,(H2,19,23)(H,20,21,22). The van der Waals surface area contributed by atoms with Crippen LogP contribution in [0.4, 0.5) is 11.5 Å².